The molecule has 0 spiro atoms. The second-order valence-corrected chi connectivity index (χ2v) is 4.15. The normalized spacial score (nSPS) is 18.7. The molecule has 2 N–H and O–H groups in total. The van der Waals surface area contributed by atoms with Crippen molar-refractivity contribution in [2.75, 3.05) is 5.73 Å². The Balaban J connectivity index is 2.14. The second kappa shape index (κ2) is 3.30. The van der Waals surface area contributed by atoms with E-state index in [0.717, 1.165) is 30.2 Å². The van der Waals surface area contributed by atoms with Crippen molar-refractivity contribution in [1.82, 2.24) is 19.7 Å². The van der Waals surface area contributed by atoms with E-state index in [4.69, 9.17) is 5.73 Å². The molecule has 0 fully saturated rings. The smallest absolute Gasteiger partial charge is 0.182 e. The average molecular weight is 215 g/mol. The zero-order chi connectivity index (χ0) is 11.1. The molecule has 16 heavy (non-hydrogen) atoms. The van der Waals surface area contributed by atoms with Gasteiger partial charge in [0.1, 0.15) is 17.3 Å². The number of fused-ring (bicyclic) bond motifs is 1. The van der Waals surface area contributed by atoms with Crippen LogP contribution in [0.5, 0.6) is 0 Å². The summed E-state index contributed by atoms with van der Waals surface area (Å²) < 4.78 is 2.15. The van der Waals surface area contributed by atoms with Crippen LogP contribution in [0.25, 0.3) is 11.5 Å². The van der Waals surface area contributed by atoms with E-state index < -0.39 is 0 Å². The Morgan fingerprint density at radius 1 is 1.38 bits per heavy atom. The summed E-state index contributed by atoms with van der Waals surface area (Å²) in [6, 6.07) is 6.02. The molecule has 0 amide bonds. The van der Waals surface area contributed by atoms with Crippen molar-refractivity contribution in [3.8, 4) is 11.5 Å². The SMILES string of the molecule is CC1CCc2nnc(-c3cccc(N)n3)n21. The average Bonchev–Trinajstić information content (AvgIpc) is 2.82. The van der Waals surface area contributed by atoms with Crippen LogP contribution >= 0.6 is 0 Å². The van der Waals surface area contributed by atoms with Crippen molar-refractivity contribution in [2.45, 2.75) is 25.8 Å². The molecular weight excluding hydrogens is 202 g/mol. The fraction of sp³-hybridized carbons (Fsp3) is 0.364. The third kappa shape index (κ3) is 1.28. The molecule has 0 aliphatic carbocycles. The van der Waals surface area contributed by atoms with E-state index in [1.807, 2.05) is 12.1 Å². The van der Waals surface area contributed by atoms with Gasteiger partial charge in [-0.05, 0) is 25.5 Å². The fourth-order valence-electron chi connectivity index (χ4n) is 2.18. The van der Waals surface area contributed by atoms with Crippen LogP contribution in [0.2, 0.25) is 0 Å². The number of anilines is 1. The van der Waals surface area contributed by atoms with E-state index in [2.05, 4.69) is 26.7 Å². The van der Waals surface area contributed by atoms with Gasteiger partial charge in [0.25, 0.3) is 0 Å². The largest absolute Gasteiger partial charge is 0.384 e. The number of nitrogens with zero attached hydrogens (tertiary/aromatic N) is 4. The summed E-state index contributed by atoms with van der Waals surface area (Å²) in [7, 11) is 0. The van der Waals surface area contributed by atoms with E-state index in [9.17, 15) is 0 Å². The molecule has 0 aromatic carbocycles. The van der Waals surface area contributed by atoms with E-state index in [1.54, 1.807) is 6.07 Å². The maximum Gasteiger partial charge on any atom is 0.182 e. The van der Waals surface area contributed by atoms with Gasteiger partial charge < -0.3 is 10.3 Å². The molecule has 2 aromatic rings. The van der Waals surface area contributed by atoms with Crippen LogP contribution in [0.3, 0.4) is 0 Å². The predicted molar refractivity (Wildman–Crippen MR) is 60.7 cm³/mol. The first-order chi connectivity index (χ1) is 7.75. The molecule has 1 aliphatic heterocycles. The van der Waals surface area contributed by atoms with Crippen molar-refractivity contribution >= 4 is 5.82 Å². The van der Waals surface area contributed by atoms with Gasteiger partial charge in [-0.1, -0.05) is 6.07 Å². The fourth-order valence-corrected chi connectivity index (χ4v) is 2.18. The Hall–Kier alpha value is -1.91. The topological polar surface area (TPSA) is 69.6 Å². The summed E-state index contributed by atoms with van der Waals surface area (Å²) in [6.45, 7) is 2.18. The first-order valence-corrected chi connectivity index (χ1v) is 5.42. The van der Waals surface area contributed by atoms with Crippen molar-refractivity contribution in [1.29, 1.82) is 0 Å². The summed E-state index contributed by atoms with van der Waals surface area (Å²) in [5, 5.41) is 8.38. The minimum atomic E-state index is 0.447. The first-order valence-electron chi connectivity index (χ1n) is 5.42. The lowest BCUT2D eigenvalue weighted by molar-refractivity contribution is 0.581. The highest BCUT2D eigenvalue weighted by Crippen LogP contribution is 2.29. The van der Waals surface area contributed by atoms with Gasteiger partial charge in [-0.25, -0.2) is 4.98 Å². The lowest BCUT2D eigenvalue weighted by atomic mass is 10.2. The Morgan fingerprint density at radius 2 is 2.25 bits per heavy atom. The van der Waals surface area contributed by atoms with Gasteiger partial charge in [0, 0.05) is 12.5 Å². The zero-order valence-electron chi connectivity index (χ0n) is 9.09. The molecule has 5 heteroatoms. The van der Waals surface area contributed by atoms with Crippen LogP contribution in [0.1, 0.15) is 25.2 Å². The Morgan fingerprint density at radius 3 is 3.06 bits per heavy atom. The molecule has 5 nitrogen and oxygen atoms in total. The highest BCUT2D eigenvalue weighted by molar-refractivity contribution is 5.53. The highest BCUT2D eigenvalue weighted by atomic mass is 15.3. The number of hydrogen-bond donors (Lipinski definition) is 1. The summed E-state index contributed by atoms with van der Waals surface area (Å²) in [6.07, 6.45) is 2.12. The molecule has 1 atom stereocenters. The second-order valence-electron chi connectivity index (χ2n) is 4.15. The zero-order valence-corrected chi connectivity index (χ0v) is 9.09. The number of pyridine rings is 1. The summed E-state index contributed by atoms with van der Waals surface area (Å²) in [4.78, 5) is 4.28. The lowest BCUT2D eigenvalue weighted by Crippen LogP contribution is -2.03. The molecule has 1 aliphatic rings. The number of aryl methyl sites for hydroxylation is 1. The van der Waals surface area contributed by atoms with Crippen LogP contribution < -0.4 is 5.73 Å². The molecule has 0 bridgehead atoms. The standard InChI is InChI=1S/C11H13N5/c1-7-5-6-10-14-15-11(16(7)10)8-3-2-4-9(12)13-8/h2-4,7H,5-6H2,1H3,(H2,12,13). The minimum absolute atomic E-state index is 0.447. The quantitative estimate of drug-likeness (QED) is 0.781. The van der Waals surface area contributed by atoms with Gasteiger partial charge in [-0.2, -0.15) is 0 Å². The Bertz CT molecular complexity index is 531. The van der Waals surface area contributed by atoms with Crippen molar-refractivity contribution in [3.05, 3.63) is 24.0 Å². The molecule has 82 valence electrons. The number of nitrogens with two attached hydrogens (primary N) is 1. The Labute approximate surface area is 93.3 Å². The molecule has 1 unspecified atom stereocenters. The molecule has 0 radical (unpaired) electrons. The van der Waals surface area contributed by atoms with E-state index in [-0.39, 0.29) is 0 Å². The molecule has 2 aromatic heterocycles. The monoisotopic (exact) mass is 215 g/mol. The van der Waals surface area contributed by atoms with Crippen molar-refractivity contribution in [3.63, 3.8) is 0 Å². The molecular formula is C11H13N5. The van der Waals surface area contributed by atoms with Crippen LogP contribution in [-0.2, 0) is 6.42 Å². The van der Waals surface area contributed by atoms with E-state index >= 15 is 0 Å². The van der Waals surface area contributed by atoms with Crippen LogP contribution in [0.4, 0.5) is 5.82 Å². The molecule has 3 rings (SSSR count). The highest BCUT2D eigenvalue weighted by Gasteiger charge is 2.24. The third-order valence-electron chi connectivity index (χ3n) is 2.99. The first kappa shape index (κ1) is 9.33. The van der Waals surface area contributed by atoms with Gasteiger partial charge in [0.15, 0.2) is 5.82 Å². The molecule has 3 heterocycles. The van der Waals surface area contributed by atoms with Crippen LogP contribution in [0, 0.1) is 0 Å². The maximum atomic E-state index is 5.68. The van der Waals surface area contributed by atoms with Gasteiger partial charge in [0.2, 0.25) is 0 Å². The number of aromatic nitrogens is 4. The van der Waals surface area contributed by atoms with Gasteiger partial charge in [0.05, 0.1) is 0 Å². The van der Waals surface area contributed by atoms with Crippen molar-refractivity contribution in [2.24, 2.45) is 0 Å². The number of hydrogen-bond acceptors (Lipinski definition) is 4. The number of rotatable bonds is 1. The van der Waals surface area contributed by atoms with Gasteiger partial charge >= 0.3 is 0 Å². The van der Waals surface area contributed by atoms with Crippen LogP contribution in [0.15, 0.2) is 18.2 Å². The minimum Gasteiger partial charge on any atom is -0.384 e. The molecule has 0 saturated carbocycles. The summed E-state index contributed by atoms with van der Waals surface area (Å²) >= 11 is 0. The van der Waals surface area contributed by atoms with Gasteiger partial charge in [-0.3, -0.25) is 0 Å². The van der Waals surface area contributed by atoms with Gasteiger partial charge in [-0.15, -0.1) is 10.2 Å². The Kier molecular flexibility index (Phi) is 1.92. The van der Waals surface area contributed by atoms with Crippen molar-refractivity contribution < 1.29 is 0 Å². The number of nitrogen functional groups attached to an aromatic ring is 1. The van der Waals surface area contributed by atoms with E-state index in [0.29, 0.717) is 11.9 Å². The van der Waals surface area contributed by atoms with E-state index in [1.165, 1.54) is 0 Å². The predicted octanol–water partition coefficient (Wildman–Crippen LogP) is 1.43. The maximum absolute atomic E-state index is 5.68. The lowest BCUT2D eigenvalue weighted by Gasteiger charge is -2.08. The molecule has 0 saturated heterocycles. The third-order valence-corrected chi connectivity index (χ3v) is 2.99. The summed E-state index contributed by atoms with van der Waals surface area (Å²) in [5.41, 5.74) is 6.47. The summed E-state index contributed by atoms with van der Waals surface area (Å²) in [5.74, 6) is 2.39. The van der Waals surface area contributed by atoms with Crippen LogP contribution in [-0.4, -0.2) is 19.7 Å².